The summed E-state index contributed by atoms with van der Waals surface area (Å²) in [6.45, 7) is 2.98. The van der Waals surface area contributed by atoms with Crippen molar-refractivity contribution in [2.24, 2.45) is 7.05 Å². The lowest BCUT2D eigenvalue weighted by Gasteiger charge is -2.32. The van der Waals surface area contributed by atoms with Crippen LogP contribution < -0.4 is 0 Å². The normalized spacial score (nSPS) is 17.7. The van der Waals surface area contributed by atoms with E-state index in [2.05, 4.69) is 4.98 Å². The van der Waals surface area contributed by atoms with Gasteiger partial charge in [0.1, 0.15) is 0 Å². The lowest BCUT2D eigenvalue weighted by molar-refractivity contribution is 0.0710. The molecular weight excluding hydrogens is 352 g/mol. The lowest BCUT2D eigenvalue weighted by atomic mass is 9.90. The minimum absolute atomic E-state index is 0.107. The standard InChI is InChI=1S/C22H24N4O2/c1-25-20-8-12-28-14-18(20)21(24-25)15-6-10-26(11-7-15)22(27)17-4-5-19-16(13-17)3-2-9-23-19/h2-5,9,13,15H,6-8,10-12,14H2,1H3. The van der Waals surface area contributed by atoms with Gasteiger partial charge in [-0.05, 0) is 37.1 Å². The number of likely N-dealkylation sites (tertiary alicyclic amines) is 1. The van der Waals surface area contributed by atoms with Crippen molar-refractivity contribution < 1.29 is 9.53 Å². The van der Waals surface area contributed by atoms with Gasteiger partial charge in [-0.1, -0.05) is 6.07 Å². The van der Waals surface area contributed by atoms with E-state index in [1.54, 1.807) is 6.20 Å². The fraction of sp³-hybridized carbons (Fsp3) is 0.409. The first-order chi connectivity index (χ1) is 13.7. The summed E-state index contributed by atoms with van der Waals surface area (Å²) in [5.74, 6) is 0.511. The van der Waals surface area contributed by atoms with Crippen LogP contribution in [0, 0.1) is 0 Å². The van der Waals surface area contributed by atoms with E-state index in [-0.39, 0.29) is 5.91 Å². The summed E-state index contributed by atoms with van der Waals surface area (Å²) in [6.07, 6.45) is 4.61. The fourth-order valence-electron chi connectivity index (χ4n) is 4.51. The summed E-state index contributed by atoms with van der Waals surface area (Å²) in [7, 11) is 2.03. The zero-order chi connectivity index (χ0) is 19.1. The van der Waals surface area contributed by atoms with Gasteiger partial charge in [0.15, 0.2) is 0 Å². The van der Waals surface area contributed by atoms with Gasteiger partial charge in [-0.25, -0.2) is 0 Å². The van der Waals surface area contributed by atoms with Gasteiger partial charge in [0, 0.05) is 60.9 Å². The molecule has 2 aromatic heterocycles. The highest BCUT2D eigenvalue weighted by molar-refractivity contribution is 5.98. The summed E-state index contributed by atoms with van der Waals surface area (Å²) in [4.78, 5) is 19.3. The van der Waals surface area contributed by atoms with Crippen molar-refractivity contribution in [2.75, 3.05) is 19.7 Å². The van der Waals surface area contributed by atoms with Gasteiger partial charge in [-0.3, -0.25) is 14.5 Å². The Kier molecular flexibility index (Phi) is 4.36. The zero-order valence-corrected chi connectivity index (χ0v) is 16.1. The summed E-state index contributed by atoms with van der Waals surface area (Å²) in [5, 5.41) is 5.81. The van der Waals surface area contributed by atoms with E-state index in [1.165, 1.54) is 17.0 Å². The van der Waals surface area contributed by atoms with E-state index >= 15 is 0 Å². The van der Waals surface area contributed by atoms with Crippen molar-refractivity contribution in [2.45, 2.75) is 31.8 Å². The summed E-state index contributed by atoms with van der Waals surface area (Å²) in [6, 6.07) is 9.66. The molecule has 1 amide bonds. The van der Waals surface area contributed by atoms with Crippen LogP contribution in [0.2, 0.25) is 0 Å². The number of aromatic nitrogens is 3. The van der Waals surface area contributed by atoms with Crippen LogP contribution in [0.4, 0.5) is 0 Å². The second-order valence-corrected chi connectivity index (χ2v) is 7.71. The topological polar surface area (TPSA) is 60.2 Å². The molecule has 0 N–H and O–H groups in total. The molecule has 0 saturated carbocycles. The lowest BCUT2D eigenvalue weighted by Crippen LogP contribution is -2.38. The maximum atomic E-state index is 13.0. The van der Waals surface area contributed by atoms with Gasteiger partial charge in [-0.2, -0.15) is 5.10 Å². The number of aryl methyl sites for hydroxylation is 1. The third-order valence-electron chi connectivity index (χ3n) is 6.05. The maximum absolute atomic E-state index is 13.0. The molecule has 2 aliphatic rings. The van der Waals surface area contributed by atoms with Crippen LogP contribution in [0.3, 0.4) is 0 Å². The smallest absolute Gasteiger partial charge is 0.253 e. The number of piperidine rings is 1. The molecule has 0 aliphatic carbocycles. The van der Waals surface area contributed by atoms with Crippen LogP contribution in [0.15, 0.2) is 36.5 Å². The summed E-state index contributed by atoms with van der Waals surface area (Å²) in [5.41, 5.74) is 5.42. The van der Waals surface area contributed by atoms with Crippen molar-refractivity contribution in [3.63, 3.8) is 0 Å². The Hall–Kier alpha value is -2.73. The molecule has 1 fully saturated rings. The Morgan fingerprint density at radius 1 is 1.21 bits per heavy atom. The number of fused-ring (bicyclic) bond motifs is 2. The quantitative estimate of drug-likeness (QED) is 0.690. The average Bonchev–Trinajstić information content (AvgIpc) is 3.10. The molecule has 0 radical (unpaired) electrons. The van der Waals surface area contributed by atoms with Gasteiger partial charge < -0.3 is 9.64 Å². The molecule has 6 heteroatoms. The van der Waals surface area contributed by atoms with E-state index in [0.717, 1.165) is 55.4 Å². The van der Waals surface area contributed by atoms with Crippen LogP contribution in [-0.2, 0) is 24.8 Å². The first kappa shape index (κ1) is 17.4. The highest BCUT2D eigenvalue weighted by atomic mass is 16.5. The molecule has 1 aromatic carbocycles. The van der Waals surface area contributed by atoms with Gasteiger partial charge in [0.25, 0.3) is 5.91 Å². The van der Waals surface area contributed by atoms with Crippen LogP contribution >= 0.6 is 0 Å². The number of hydrogen-bond donors (Lipinski definition) is 0. The monoisotopic (exact) mass is 376 g/mol. The largest absolute Gasteiger partial charge is 0.376 e. The Morgan fingerprint density at radius 3 is 2.93 bits per heavy atom. The molecule has 28 heavy (non-hydrogen) atoms. The van der Waals surface area contributed by atoms with Gasteiger partial charge >= 0.3 is 0 Å². The molecule has 0 unspecified atom stereocenters. The SMILES string of the molecule is Cn1nc(C2CCN(C(=O)c3ccc4ncccc4c3)CC2)c2c1CCOC2. The van der Waals surface area contributed by atoms with Crippen molar-refractivity contribution >= 4 is 16.8 Å². The molecule has 6 nitrogen and oxygen atoms in total. The second-order valence-electron chi connectivity index (χ2n) is 7.71. The number of amides is 1. The van der Waals surface area contributed by atoms with E-state index in [1.807, 2.05) is 47.0 Å². The van der Waals surface area contributed by atoms with Crippen molar-refractivity contribution in [3.05, 3.63) is 59.0 Å². The molecule has 4 heterocycles. The number of ether oxygens (including phenoxy) is 1. The van der Waals surface area contributed by atoms with Crippen molar-refractivity contribution in [3.8, 4) is 0 Å². The number of pyridine rings is 1. The molecular formula is C22H24N4O2. The molecule has 0 bridgehead atoms. The van der Waals surface area contributed by atoms with E-state index in [9.17, 15) is 4.79 Å². The Balaban J connectivity index is 1.31. The summed E-state index contributed by atoms with van der Waals surface area (Å²) >= 11 is 0. The first-order valence-corrected chi connectivity index (χ1v) is 9.97. The second kappa shape index (κ2) is 7.02. The van der Waals surface area contributed by atoms with Crippen LogP contribution in [-0.4, -0.2) is 45.3 Å². The van der Waals surface area contributed by atoms with Gasteiger partial charge in [0.2, 0.25) is 0 Å². The number of rotatable bonds is 2. The number of hydrogen-bond acceptors (Lipinski definition) is 4. The molecule has 0 spiro atoms. The first-order valence-electron chi connectivity index (χ1n) is 9.97. The van der Waals surface area contributed by atoms with E-state index < -0.39 is 0 Å². The molecule has 3 aromatic rings. The minimum atomic E-state index is 0.107. The highest BCUT2D eigenvalue weighted by Gasteiger charge is 2.30. The van der Waals surface area contributed by atoms with Crippen LogP contribution in [0.1, 0.15) is 46.1 Å². The number of carbonyl (C=O) groups is 1. The zero-order valence-electron chi connectivity index (χ0n) is 16.1. The Bertz CT molecular complexity index is 1030. The maximum Gasteiger partial charge on any atom is 0.253 e. The molecule has 144 valence electrons. The Morgan fingerprint density at radius 2 is 2.07 bits per heavy atom. The third kappa shape index (κ3) is 2.98. The summed E-state index contributed by atoms with van der Waals surface area (Å²) < 4.78 is 7.69. The highest BCUT2D eigenvalue weighted by Crippen LogP contribution is 2.33. The third-order valence-corrected chi connectivity index (χ3v) is 6.05. The number of benzene rings is 1. The number of carbonyl (C=O) groups excluding carboxylic acids is 1. The van der Waals surface area contributed by atoms with Crippen molar-refractivity contribution in [1.29, 1.82) is 0 Å². The van der Waals surface area contributed by atoms with Crippen LogP contribution in [0.5, 0.6) is 0 Å². The van der Waals surface area contributed by atoms with E-state index in [0.29, 0.717) is 12.5 Å². The van der Waals surface area contributed by atoms with E-state index in [4.69, 9.17) is 9.84 Å². The Labute approximate surface area is 164 Å². The molecule has 2 aliphatic heterocycles. The predicted molar refractivity (Wildman–Crippen MR) is 106 cm³/mol. The molecule has 0 atom stereocenters. The molecule has 5 rings (SSSR count). The van der Waals surface area contributed by atoms with Crippen molar-refractivity contribution in [1.82, 2.24) is 19.7 Å². The molecule has 1 saturated heterocycles. The average molecular weight is 376 g/mol. The minimum Gasteiger partial charge on any atom is -0.376 e. The van der Waals surface area contributed by atoms with Gasteiger partial charge in [0.05, 0.1) is 24.4 Å². The predicted octanol–water partition coefficient (Wildman–Crippen LogP) is 3.06. The van der Waals surface area contributed by atoms with Crippen LogP contribution in [0.25, 0.3) is 10.9 Å². The fourth-order valence-corrected chi connectivity index (χ4v) is 4.51. The number of nitrogens with zero attached hydrogens (tertiary/aromatic N) is 4. The van der Waals surface area contributed by atoms with Gasteiger partial charge in [-0.15, -0.1) is 0 Å².